The van der Waals surface area contributed by atoms with E-state index in [0.717, 1.165) is 20.2 Å². The van der Waals surface area contributed by atoms with Crippen LogP contribution in [-0.2, 0) is 19.1 Å². The van der Waals surface area contributed by atoms with Gasteiger partial charge in [-0.1, -0.05) is 6.07 Å². The van der Waals surface area contributed by atoms with E-state index < -0.39 is 23.0 Å². The van der Waals surface area contributed by atoms with E-state index in [1.54, 1.807) is 36.4 Å². The number of imide groups is 1. The van der Waals surface area contributed by atoms with Crippen molar-refractivity contribution in [3.8, 4) is 5.75 Å². The minimum Gasteiger partial charge on any atom is -0.481 e. The summed E-state index contributed by atoms with van der Waals surface area (Å²) in [7, 11) is 1.27. The number of carbonyl (C=O) groups excluding carboxylic acids is 4. The second-order valence-electron chi connectivity index (χ2n) is 6.38. The molecule has 1 N–H and O–H groups in total. The maximum atomic E-state index is 12.7. The van der Waals surface area contributed by atoms with Crippen molar-refractivity contribution in [3.05, 3.63) is 61.0 Å². The van der Waals surface area contributed by atoms with Gasteiger partial charge in [0.25, 0.3) is 11.1 Å². The molecule has 0 atom stereocenters. The molecule has 1 fully saturated rings. The first kappa shape index (κ1) is 24.3. The number of amides is 3. The van der Waals surface area contributed by atoms with E-state index >= 15 is 0 Å². The van der Waals surface area contributed by atoms with E-state index in [9.17, 15) is 19.2 Å². The monoisotopic (exact) mass is 630 g/mol. The summed E-state index contributed by atoms with van der Waals surface area (Å²) in [6.07, 6.45) is 1.55. The molecular weight excluding hydrogens is 615 g/mol. The lowest BCUT2D eigenvalue weighted by Crippen LogP contribution is -2.36. The Morgan fingerprint density at radius 1 is 1.19 bits per heavy atom. The molecule has 2 aromatic carbocycles. The molecule has 0 unspecified atom stereocenters. The van der Waals surface area contributed by atoms with Gasteiger partial charge in [-0.3, -0.25) is 19.3 Å². The summed E-state index contributed by atoms with van der Waals surface area (Å²) >= 11 is 6.26. The number of hydrogen-bond acceptors (Lipinski definition) is 7. The minimum absolute atomic E-state index is 0.201. The van der Waals surface area contributed by atoms with Crippen LogP contribution in [0.15, 0.2) is 51.8 Å². The van der Waals surface area contributed by atoms with E-state index in [-0.39, 0.29) is 18.1 Å². The number of halogens is 2. The Kier molecular flexibility index (Phi) is 8.32. The van der Waals surface area contributed by atoms with Crippen LogP contribution in [0, 0.1) is 3.57 Å². The van der Waals surface area contributed by atoms with Gasteiger partial charge < -0.3 is 14.8 Å². The predicted octanol–water partition coefficient (Wildman–Crippen LogP) is 4.28. The van der Waals surface area contributed by atoms with Crippen molar-refractivity contribution in [3.63, 3.8) is 0 Å². The molecule has 1 aliphatic heterocycles. The van der Waals surface area contributed by atoms with Gasteiger partial charge in [0, 0.05) is 9.26 Å². The van der Waals surface area contributed by atoms with E-state index in [0.29, 0.717) is 21.5 Å². The Hall–Kier alpha value is -2.38. The van der Waals surface area contributed by atoms with Crippen LogP contribution in [0.5, 0.6) is 5.75 Å². The van der Waals surface area contributed by atoms with Gasteiger partial charge in [-0.15, -0.1) is 0 Å². The number of carbonyl (C=O) groups is 4. The number of nitrogens with zero attached hydrogens (tertiary/aromatic N) is 1. The Morgan fingerprint density at radius 2 is 1.91 bits per heavy atom. The number of hydrogen-bond donors (Lipinski definition) is 1. The van der Waals surface area contributed by atoms with Gasteiger partial charge in [0.15, 0.2) is 6.61 Å². The fourth-order valence-corrected chi connectivity index (χ4v) is 4.29. The molecule has 1 heterocycles. The number of rotatable bonds is 7. The molecule has 2 aromatic rings. The van der Waals surface area contributed by atoms with Crippen LogP contribution in [0.25, 0.3) is 6.08 Å². The Morgan fingerprint density at radius 3 is 2.56 bits per heavy atom. The van der Waals surface area contributed by atoms with Crippen LogP contribution in [0.4, 0.5) is 10.5 Å². The lowest BCUT2D eigenvalue weighted by Gasteiger charge is -2.12. The number of ether oxygens (including phenoxy) is 2. The summed E-state index contributed by atoms with van der Waals surface area (Å²) < 4.78 is 11.5. The van der Waals surface area contributed by atoms with Crippen molar-refractivity contribution in [1.82, 2.24) is 4.90 Å². The third-order valence-electron chi connectivity index (χ3n) is 4.13. The average Bonchev–Trinajstić information content (AvgIpc) is 3.01. The highest BCUT2D eigenvalue weighted by atomic mass is 127. The predicted molar refractivity (Wildman–Crippen MR) is 132 cm³/mol. The minimum atomic E-state index is -0.542. The average molecular weight is 631 g/mol. The third kappa shape index (κ3) is 6.33. The first-order chi connectivity index (χ1) is 15.3. The molecule has 1 aliphatic rings. The van der Waals surface area contributed by atoms with Crippen molar-refractivity contribution in [1.29, 1.82) is 0 Å². The number of thioether (sulfide) groups is 1. The van der Waals surface area contributed by atoms with Gasteiger partial charge >= 0.3 is 5.97 Å². The van der Waals surface area contributed by atoms with E-state index in [2.05, 4.69) is 48.6 Å². The van der Waals surface area contributed by atoms with Gasteiger partial charge in [-0.25, -0.2) is 4.79 Å². The molecule has 32 heavy (non-hydrogen) atoms. The molecule has 11 heteroatoms. The lowest BCUT2D eigenvalue weighted by molar-refractivity contribution is -0.142. The standard InChI is InChI=1S/C21H16BrIN2O6S/c1-30-19(27)11-31-16-7-2-12(8-15(16)22)9-17-20(28)25(21(29)32-17)10-18(26)24-14-5-3-13(23)4-6-14/h2-9H,10-11H2,1H3,(H,24,26)/b17-9+. The highest BCUT2D eigenvalue weighted by Gasteiger charge is 2.36. The van der Waals surface area contributed by atoms with Crippen LogP contribution in [0.3, 0.4) is 0 Å². The van der Waals surface area contributed by atoms with E-state index in [1.165, 1.54) is 7.11 Å². The molecule has 0 aliphatic carbocycles. The number of nitrogens with one attached hydrogen (secondary N) is 1. The van der Waals surface area contributed by atoms with Gasteiger partial charge in [0.2, 0.25) is 5.91 Å². The van der Waals surface area contributed by atoms with Crippen LogP contribution < -0.4 is 10.1 Å². The SMILES string of the molecule is COC(=O)COc1ccc(/C=C2/SC(=O)N(CC(=O)Nc3ccc(I)cc3)C2=O)cc1Br. The largest absolute Gasteiger partial charge is 0.481 e. The molecule has 166 valence electrons. The lowest BCUT2D eigenvalue weighted by atomic mass is 10.2. The summed E-state index contributed by atoms with van der Waals surface area (Å²) in [5, 5.41) is 2.15. The zero-order valence-corrected chi connectivity index (χ0v) is 21.2. The second-order valence-corrected chi connectivity index (χ2v) is 9.47. The normalized spacial score (nSPS) is 14.6. The molecule has 1 saturated heterocycles. The second kappa shape index (κ2) is 11.0. The quantitative estimate of drug-likeness (QED) is 0.277. The van der Waals surface area contributed by atoms with Crippen LogP contribution >= 0.6 is 50.3 Å². The number of esters is 1. The molecular formula is C21H16BrIN2O6S. The van der Waals surface area contributed by atoms with Gasteiger partial charge in [-0.2, -0.15) is 0 Å². The van der Waals surface area contributed by atoms with E-state index in [1.807, 2.05) is 12.1 Å². The zero-order valence-electron chi connectivity index (χ0n) is 16.6. The highest BCUT2D eigenvalue weighted by Crippen LogP contribution is 2.33. The highest BCUT2D eigenvalue weighted by molar-refractivity contribution is 14.1. The van der Waals surface area contributed by atoms with Crippen molar-refractivity contribution >= 4 is 85.1 Å². The zero-order chi connectivity index (χ0) is 23.3. The fraction of sp³-hybridized carbons (Fsp3) is 0.143. The van der Waals surface area contributed by atoms with Gasteiger partial charge in [0.1, 0.15) is 12.3 Å². The molecule has 3 amide bonds. The maximum Gasteiger partial charge on any atom is 0.343 e. The van der Waals surface area contributed by atoms with Crippen molar-refractivity contribution in [2.75, 3.05) is 25.6 Å². The number of methoxy groups -OCH3 is 1. The summed E-state index contributed by atoms with van der Waals surface area (Å²) in [5.41, 5.74) is 1.22. The van der Waals surface area contributed by atoms with Crippen molar-refractivity contribution in [2.45, 2.75) is 0 Å². The smallest absolute Gasteiger partial charge is 0.343 e. The molecule has 8 nitrogen and oxygen atoms in total. The van der Waals surface area contributed by atoms with Crippen molar-refractivity contribution < 1.29 is 28.7 Å². The van der Waals surface area contributed by atoms with E-state index in [4.69, 9.17) is 4.74 Å². The topological polar surface area (TPSA) is 102 Å². The first-order valence-corrected chi connectivity index (χ1v) is 11.8. The van der Waals surface area contributed by atoms with Gasteiger partial charge in [-0.05, 0) is 98.3 Å². The summed E-state index contributed by atoms with van der Waals surface area (Å²) in [5.74, 6) is -1.10. The van der Waals surface area contributed by atoms with Crippen LogP contribution in [0.2, 0.25) is 0 Å². The number of benzene rings is 2. The molecule has 0 aromatic heterocycles. The Bertz CT molecular complexity index is 1110. The Labute approximate surface area is 210 Å². The third-order valence-corrected chi connectivity index (χ3v) is 6.38. The maximum absolute atomic E-state index is 12.7. The molecule has 0 spiro atoms. The summed E-state index contributed by atoms with van der Waals surface area (Å²) in [6.45, 7) is -0.615. The van der Waals surface area contributed by atoms with Crippen LogP contribution in [0.1, 0.15) is 5.56 Å². The number of anilines is 1. The molecule has 0 saturated carbocycles. The van der Waals surface area contributed by atoms with Crippen LogP contribution in [-0.4, -0.2) is 48.2 Å². The molecule has 0 bridgehead atoms. The fourth-order valence-electron chi connectivity index (χ4n) is 2.58. The summed E-state index contributed by atoms with van der Waals surface area (Å²) in [6, 6.07) is 12.1. The molecule has 3 rings (SSSR count). The summed E-state index contributed by atoms with van der Waals surface area (Å²) in [4.78, 5) is 49.5. The van der Waals surface area contributed by atoms with Crippen molar-refractivity contribution in [2.24, 2.45) is 0 Å². The van der Waals surface area contributed by atoms with Gasteiger partial charge in [0.05, 0.1) is 16.5 Å². The molecule has 0 radical (unpaired) electrons. The Balaban J connectivity index is 1.65. The first-order valence-electron chi connectivity index (χ1n) is 9.07.